The molecular formula is C22H16N6O. The summed E-state index contributed by atoms with van der Waals surface area (Å²) in [5, 5.41) is 16.5. The Hall–Kier alpha value is -4.13. The van der Waals surface area contributed by atoms with Crippen LogP contribution in [0.1, 0.15) is 16.3 Å². The summed E-state index contributed by atoms with van der Waals surface area (Å²) in [6.45, 7) is 1.86. The van der Waals surface area contributed by atoms with E-state index in [0.717, 1.165) is 28.0 Å². The van der Waals surface area contributed by atoms with Crippen molar-refractivity contribution in [3.05, 3.63) is 84.3 Å². The van der Waals surface area contributed by atoms with Gasteiger partial charge < -0.3 is 5.32 Å². The summed E-state index contributed by atoms with van der Waals surface area (Å²) in [4.78, 5) is 17.0. The van der Waals surface area contributed by atoms with Crippen LogP contribution >= 0.6 is 0 Å². The van der Waals surface area contributed by atoms with E-state index in [4.69, 9.17) is 0 Å². The first-order valence-corrected chi connectivity index (χ1v) is 9.14. The van der Waals surface area contributed by atoms with Gasteiger partial charge in [0.25, 0.3) is 5.91 Å². The number of hydrogen-bond donors (Lipinski definition) is 1. The normalized spacial score (nSPS) is 11.1. The molecule has 0 atom stereocenters. The lowest BCUT2D eigenvalue weighted by Crippen LogP contribution is -2.13. The van der Waals surface area contributed by atoms with Gasteiger partial charge in [-0.2, -0.15) is 9.61 Å². The molecule has 7 heteroatoms. The third-order valence-corrected chi connectivity index (χ3v) is 4.69. The average Bonchev–Trinajstić information content (AvgIpc) is 3.14. The molecule has 140 valence electrons. The number of carbonyl (C=O) groups is 1. The number of carbonyl (C=O) groups excluding carboxylic acids is 1. The number of nitrogens with one attached hydrogen (secondary N) is 1. The van der Waals surface area contributed by atoms with Crippen LogP contribution in [0.4, 0.5) is 5.69 Å². The smallest absolute Gasteiger partial charge is 0.274 e. The van der Waals surface area contributed by atoms with Gasteiger partial charge in [0.2, 0.25) is 0 Å². The van der Waals surface area contributed by atoms with Gasteiger partial charge in [0, 0.05) is 16.6 Å². The molecule has 0 radical (unpaired) electrons. The zero-order valence-corrected chi connectivity index (χ0v) is 15.6. The van der Waals surface area contributed by atoms with Gasteiger partial charge in [0.1, 0.15) is 5.69 Å². The zero-order valence-electron chi connectivity index (χ0n) is 15.6. The monoisotopic (exact) mass is 380 g/mol. The molecule has 0 saturated heterocycles. The second-order valence-corrected chi connectivity index (χ2v) is 6.66. The number of rotatable bonds is 3. The number of hydrogen-bond acceptors (Lipinski definition) is 5. The van der Waals surface area contributed by atoms with Gasteiger partial charge in [-0.05, 0) is 43.3 Å². The van der Waals surface area contributed by atoms with Crippen molar-refractivity contribution in [1.29, 1.82) is 0 Å². The molecule has 3 heterocycles. The first kappa shape index (κ1) is 17.0. The van der Waals surface area contributed by atoms with Crippen molar-refractivity contribution in [3.8, 4) is 11.3 Å². The summed E-state index contributed by atoms with van der Waals surface area (Å²) >= 11 is 0. The molecule has 0 saturated carbocycles. The number of amides is 1. The van der Waals surface area contributed by atoms with Crippen LogP contribution in [-0.4, -0.2) is 30.7 Å². The predicted molar refractivity (Wildman–Crippen MR) is 111 cm³/mol. The van der Waals surface area contributed by atoms with E-state index in [1.165, 1.54) is 0 Å². The number of benzene rings is 2. The van der Waals surface area contributed by atoms with Gasteiger partial charge in [-0.15, -0.1) is 10.2 Å². The van der Waals surface area contributed by atoms with Crippen molar-refractivity contribution in [2.75, 3.05) is 5.32 Å². The zero-order chi connectivity index (χ0) is 19.8. The molecule has 1 N–H and O–H groups in total. The second-order valence-electron chi connectivity index (χ2n) is 6.66. The second kappa shape index (κ2) is 6.79. The van der Waals surface area contributed by atoms with Crippen LogP contribution < -0.4 is 5.32 Å². The Morgan fingerprint density at radius 2 is 1.72 bits per heavy atom. The Labute approximate surface area is 166 Å². The first-order chi connectivity index (χ1) is 14.2. The maximum absolute atomic E-state index is 12.6. The fourth-order valence-corrected chi connectivity index (χ4v) is 3.16. The highest BCUT2D eigenvalue weighted by molar-refractivity contribution is 6.04. The number of para-hydroxylation sites is 1. The number of nitrogens with zero attached hydrogens (tertiary/aromatic N) is 5. The SMILES string of the molecule is Cc1nnc2ccc(-c3ccc(NC(=O)c4ccc5ccccc5n4)cc3)nn12. The van der Waals surface area contributed by atoms with Crippen molar-refractivity contribution >= 4 is 28.1 Å². The van der Waals surface area contributed by atoms with Crippen molar-refractivity contribution in [2.45, 2.75) is 6.92 Å². The minimum atomic E-state index is -0.247. The molecule has 7 nitrogen and oxygen atoms in total. The lowest BCUT2D eigenvalue weighted by molar-refractivity contribution is 0.102. The van der Waals surface area contributed by atoms with E-state index in [-0.39, 0.29) is 5.91 Å². The van der Waals surface area contributed by atoms with Crippen molar-refractivity contribution in [3.63, 3.8) is 0 Å². The van der Waals surface area contributed by atoms with Gasteiger partial charge >= 0.3 is 0 Å². The number of fused-ring (bicyclic) bond motifs is 2. The molecule has 0 bridgehead atoms. The van der Waals surface area contributed by atoms with Crippen LogP contribution in [0.3, 0.4) is 0 Å². The van der Waals surface area contributed by atoms with Gasteiger partial charge in [0.05, 0.1) is 11.2 Å². The van der Waals surface area contributed by atoms with Gasteiger partial charge in [-0.25, -0.2) is 4.98 Å². The molecule has 0 aliphatic rings. The van der Waals surface area contributed by atoms with Crippen molar-refractivity contribution < 1.29 is 4.79 Å². The third-order valence-electron chi connectivity index (χ3n) is 4.69. The minimum absolute atomic E-state index is 0.247. The van der Waals surface area contributed by atoms with Crippen LogP contribution in [-0.2, 0) is 0 Å². The van der Waals surface area contributed by atoms with Crippen molar-refractivity contribution in [1.82, 2.24) is 24.8 Å². The Kier molecular flexibility index (Phi) is 3.98. The standard InChI is InChI=1S/C22H16N6O/c1-14-25-26-21-13-12-19(27-28(14)21)16-6-9-17(10-7-16)23-22(29)20-11-8-15-4-2-3-5-18(15)24-20/h2-13H,1H3,(H,23,29). The van der Waals surface area contributed by atoms with E-state index < -0.39 is 0 Å². The minimum Gasteiger partial charge on any atom is -0.321 e. The van der Waals surface area contributed by atoms with E-state index in [2.05, 4.69) is 25.6 Å². The molecule has 5 aromatic rings. The van der Waals surface area contributed by atoms with Crippen LogP contribution in [0.2, 0.25) is 0 Å². The lowest BCUT2D eigenvalue weighted by atomic mass is 10.1. The van der Waals surface area contributed by atoms with Crippen molar-refractivity contribution in [2.24, 2.45) is 0 Å². The highest BCUT2D eigenvalue weighted by Crippen LogP contribution is 2.21. The summed E-state index contributed by atoms with van der Waals surface area (Å²) < 4.78 is 1.70. The maximum Gasteiger partial charge on any atom is 0.274 e. The molecule has 0 aliphatic heterocycles. The lowest BCUT2D eigenvalue weighted by Gasteiger charge is -2.07. The Morgan fingerprint density at radius 1 is 0.897 bits per heavy atom. The fourth-order valence-electron chi connectivity index (χ4n) is 3.16. The number of aryl methyl sites for hydroxylation is 1. The molecule has 0 aliphatic carbocycles. The summed E-state index contributed by atoms with van der Waals surface area (Å²) in [6, 6.07) is 22.6. The topological polar surface area (TPSA) is 85.1 Å². The molecule has 0 spiro atoms. The third kappa shape index (κ3) is 3.19. The van der Waals surface area contributed by atoms with Gasteiger partial charge in [0.15, 0.2) is 11.5 Å². The average molecular weight is 380 g/mol. The van der Waals surface area contributed by atoms with E-state index in [0.29, 0.717) is 17.0 Å². The Bertz CT molecular complexity index is 1360. The first-order valence-electron chi connectivity index (χ1n) is 9.14. The number of pyridine rings is 1. The van der Waals surface area contributed by atoms with E-state index in [9.17, 15) is 4.79 Å². The Morgan fingerprint density at radius 3 is 2.59 bits per heavy atom. The number of aromatic nitrogens is 5. The highest BCUT2D eigenvalue weighted by Gasteiger charge is 2.10. The fraction of sp³-hybridized carbons (Fsp3) is 0.0455. The molecule has 0 unspecified atom stereocenters. The highest BCUT2D eigenvalue weighted by atomic mass is 16.1. The van der Waals surface area contributed by atoms with Gasteiger partial charge in [-0.1, -0.05) is 36.4 Å². The Balaban J connectivity index is 1.37. The molecule has 29 heavy (non-hydrogen) atoms. The molecule has 0 fully saturated rings. The molecule has 1 amide bonds. The number of anilines is 1. The van der Waals surface area contributed by atoms with Crippen LogP contribution in [0, 0.1) is 6.92 Å². The summed E-state index contributed by atoms with van der Waals surface area (Å²) in [5.41, 5.74) is 4.30. The molecule has 5 rings (SSSR count). The molecular weight excluding hydrogens is 364 g/mol. The molecule has 3 aromatic heterocycles. The largest absolute Gasteiger partial charge is 0.321 e. The molecule has 2 aromatic carbocycles. The quantitative estimate of drug-likeness (QED) is 0.513. The van der Waals surface area contributed by atoms with E-state index >= 15 is 0 Å². The summed E-state index contributed by atoms with van der Waals surface area (Å²) in [6.07, 6.45) is 0. The van der Waals surface area contributed by atoms with E-state index in [1.807, 2.05) is 73.7 Å². The predicted octanol–water partition coefficient (Wildman–Crippen LogP) is 3.90. The summed E-state index contributed by atoms with van der Waals surface area (Å²) in [5.74, 6) is 0.483. The van der Waals surface area contributed by atoms with E-state index in [1.54, 1.807) is 10.6 Å². The van der Waals surface area contributed by atoms with Crippen LogP contribution in [0.15, 0.2) is 72.8 Å². The maximum atomic E-state index is 12.6. The van der Waals surface area contributed by atoms with Crippen LogP contribution in [0.5, 0.6) is 0 Å². The van der Waals surface area contributed by atoms with Gasteiger partial charge in [-0.3, -0.25) is 4.79 Å². The van der Waals surface area contributed by atoms with Crippen LogP contribution in [0.25, 0.3) is 27.8 Å². The summed E-state index contributed by atoms with van der Waals surface area (Å²) in [7, 11) is 0.